The van der Waals surface area contributed by atoms with E-state index in [1.165, 1.54) is 0 Å². The van der Waals surface area contributed by atoms with Crippen LogP contribution in [0.5, 0.6) is 0 Å². The molecule has 2 fully saturated rings. The van der Waals surface area contributed by atoms with Gasteiger partial charge in [0.05, 0.1) is 6.61 Å². The molecule has 0 spiro atoms. The van der Waals surface area contributed by atoms with Crippen molar-refractivity contribution in [1.29, 1.82) is 0 Å². The third-order valence-electron chi connectivity index (χ3n) is 3.75. The van der Waals surface area contributed by atoms with Crippen LogP contribution in [-0.4, -0.2) is 54.6 Å². The molecule has 3 nitrogen and oxygen atoms in total. The van der Waals surface area contributed by atoms with E-state index in [2.05, 4.69) is 0 Å². The molecule has 0 saturated carbocycles. The van der Waals surface area contributed by atoms with Gasteiger partial charge in [-0.1, -0.05) is 0 Å². The first kappa shape index (κ1) is 13.1. The minimum Gasteiger partial charge on any atom is -0.381 e. The highest BCUT2D eigenvalue weighted by molar-refractivity contribution is 4.92. The predicted molar refractivity (Wildman–Crippen MR) is 55.6 cm³/mol. The summed E-state index contributed by atoms with van der Waals surface area (Å²) in [6.45, 7) is 2.87. The van der Waals surface area contributed by atoms with Crippen LogP contribution in [0.15, 0.2) is 0 Å². The van der Waals surface area contributed by atoms with Crippen LogP contribution in [-0.2, 0) is 4.74 Å². The van der Waals surface area contributed by atoms with E-state index in [1.54, 1.807) is 0 Å². The van der Waals surface area contributed by atoms with Gasteiger partial charge in [0.1, 0.15) is 0 Å². The first-order valence-corrected chi connectivity index (χ1v) is 6.00. The highest BCUT2D eigenvalue weighted by atomic mass is 19.4. The van der Waals surface area contributed by atoms with Crippen LogP contribution in [0.4, 0.5) is 13.2 Å². The molecule has 2 saturated heterocycles. The Bertz CT molecular complexity index is 256. The molecule has 2 rings (SSSR count). The van der Waals surface area contributed by atoms with Gasteiger partial charge in [0.25, 0.3) is 0 Å². The number of rotatable bonds is 2. The normalized spacial score (nSPS) is 30.7. The van der Waals surface area contributed by atoms with Crippen molar-refractivity contribution in [2.24, 2.45) is 5.92 Å². The lowest BCUT2D eigenvalue weighted by atomic mass is 9.90. The first-order chi connectivity index (χ1) is 7.91. The molecule has 0 amide bonds. The van der Waals surface area contributed by atoms with Gasteiger partial charge in [-0.2, -0.15) is 13.2 Å². The van der Waals surface area contributed by atoms with Crippen molar-refractivity contribution < 1.29 is 23.0 Å². The van der Waals surface area contributed by atoms with Crippen LogP contribution >= 0.6 is 0 Å². The lowest BCUT2D eigenvalue weighted by molar-refractivity contribution is -0.272. The molecule has 0 radical (unpaired) electrons. The van der Waals surface area contributed by atoms with Crippen LogP contribution in [0.3, 0.4) is 0 Å². The Hall–Kier alpha value is -0.330. The minimum atomic E-state index is -4.50. The SMILES string of the molecule is OC1(C(F)(F)F)CCN(CC2CCOC2)CC1. The van der Waals surface area contributed by atoms with Crippen LogP contribution < -0.4 is 0 Å². The molecule has 1 N–H and O–H groups in total. The number of aliphatic hydroxyl groups is 1. The zero-order valence-corrected chi connectivity index (χ0v) is 9.67. The third kappa shape index (κ3) is 2.92. The van der Waals surface area contributed by atoms with E-state index in [4.69, 9.17) is 4.74 Å². The quantitative estimate of drug-likeness (QED) is 0.807. The van der Waals surface area contributed by atoms with E-state index < -0.39 is 11.8 Å². The molecule has 0 aromatic heterocycles. The van der Waals surface area contributed by atoms with Gasteiger partial charge in [0, 0.05) is 26.2 Å². The molecule has 100 valence electrons. The fourth-order valence-corrected chi connectivity index (χ4v) is 2.48. The third-order valence-corrected chi connectivity index (χ3v) is 3.75. The van der Waals surface area contributed by atoms with Crippen molar-refractivity contribution in [3.8, 4) is 0 Å². The Morgan fingerprint density at radius 1 is 1.29 bits per heavy atom. The van der Waals surface area contributed by atoms with E-state index >= 15 is 0 Å². The molecular formula is C11H18F3NO2. The summed E-state index contributed by atoms with van der Waals surface area (Å²) >= 11 is 0. The average Bonchev–Trinajstić information content (AvgIpc) is 2.73. The van der Waals surface area contributed by atoms with E-state index in [0.717, 1.165) is 19.6 Å². The summed E-state index contributed by atoms with van der Waals surface area (Å²) < 4.78 is 42.9. The van der Waals surface area contributed by atoms with Gasteiger partial charge in [0.2, 0.25) is 0 Å². The standard InChI is InChI=1S/C11H18F3NO2/c12-11(13,14)10(16)2-4-15(5-3-10)7-9-1-6-17-8-9/h9,16H,1-8H2. The van der Waals surface area contributed by atoms with Crippen LogP contribution in [0.1, 0.15) is 19.3 Å². The maximum Gasteiger partial charge on any atom is 0.417 e. The first-order valence-electron chi connectivity index (χ1n) is 6.00. The summed E-state index contributed by atoms with van der Waals surface area (Å²) in [5, 5.41) is 9.51. The van der Waals surface area contributed by atoms with Crippen molar-refractivity contribution in [2.75, 3.05) is 32.8 Å². The molecule has 0 aliphatic carbocycles. The average molecular weight is 253 g/mol. The predicted octanol–water partition coefficient (Wildman–Crippen LogP) is 1.41. The van der Waals surface area contributed by atoms with Crippen molar-refractivity contribution in [3.05, 3.63) is 0 Å². The van der Waals surface area contributed by atoms with Crippen LogP contribution in [0.2, 0.25) is 0 Å². The van der Waals surface area contributed by atoms with E-state index in [-0.39, 0.29) is 12.8 Å². The number of piperidine rings is 1. The molecular weight excluding hydrogens is 235 g/mol. The van der Waals surface area contributed by atoms with Crippen molar-refractivity contribution in [1.82, 2.24) is 4.90 Å². The van der Waals surface area contributed by atoms with E-state index in [9.17, 15) is 18.3 Å². The number of halogens is 3. The monoisotopic (exact) mass is 253 g/mol. The lowest BCUT2D eigenvalue weighted by Crippen LogP contribution is -2.53. The Balaban J connectivity index is 1.81. The molecule has 0 aromatic carbocycles. The number of likely N-dealkylation sites (tertiary alicyclic amines) is 1. The summed E-state index contributed by atoms with van der Waals surface area (Å²) in [6, 6.07) is 0. The van der Waals surface area contributed by atoms with E-state index in [1.807, 2.05) is 4.90 Å². The van der Waals surface area contributed by atoms with Gasteiger partial charge in [-0.25, -0.2) is 0 Å². The Morgan fingerprint density at radius 2 is 1.94 bits per heavy atom. The molecule has 1 unspecified atom stereocenters. The maximum absolute atomic E-state index is 12.6. The largest absolute Gasteiger partial charge is 0.417 e. The summed E-state index contributed by atoms with van der Waals surface area (Å²) in [6.07, 6.45) is -3.95. The Labute approximate surface area is 98.5 Å². The highest BCUT2D eigenvalue weighted by Gasteiger charge is 2.54. The summed E-state index contributed by atoms with van der Waals surface area (Å²) in [5.74, 6) is 0.437. The second kappa shape index (κ2) is 4.74. The van der Waals surface area contributed by atoms with Crippen molar-refractivity contribution in [3.63, 3.8) is 0 Å². The number of hydrogen-bond donors (Lipinski definition) is 1. The maximum atomic E-state index is 12.6. The van der Waals surface area contributed by atoms with E-state index in [0.29, 0.717) is 25.6 Å². The van der Waals surface area contributed by atoms with Crippen LogP contribution in [0.25, 0.3) is 0 Å². The molecule has 17 heavy (non-hydrogen) atoms. The zero-order valence-electron chi connectivity index (χ0n) is 9.67. The minimum absolute atomic E-state index is 0.218. The summed E-state index contributed by atoms with van der Waals surface area (Å²) in [4.78, 5) is 2.00. The fraction of sp³-hybridized carbons (Fsp3) is 1.00. The molecule has 2 aliphatic rings. The Morgan fingerprint density at radius 3 is 2.41 bits per heavy atom. The zero-order chi connectivity index (χ0) is 12.5. The fourth-order valence-electron chi connectivity index (χ4n) is 2.48. The molecule has 0 aromatic rings. The summed E-state index contributed by atoms with van der Waals surface area (Å²) in [5.41, 5.74) is -2.48. The van der Waals surface area contributed by atoms with Gasteiger partial charge in [-0.05, 0) is 25.2 Å². The molecule has 2 aliphatic heterocycles. The highest BCUT2D eigenvalue weighted by Crippen LogP contribution is 2.38. The van der Waals surface area contributed by atoms with Crippen LogP contribution in [0, 0.1) is 5.92 Å². The van der Waals surface area contributed by atoms with Crippen molar-refractivity contribution >= 4 is 0 Å². The molecule has 1 atom stereocenters. The number of nitrogens with zero attached hydrogens (tertiary/aromatic N) is 1. The Kier molecular flexibility index (Phi) is 3.66. The second-order valence-corrected chi connectivity index (χ2v) is 5.06. The molecule has 6 heteroatoms. The van der Waals surface area contributed by atoms with Gasteiger partial charge in [-0.15, -0.1) is 0 Å². The van der Waals surface area contributed by atoms with Gasteiger partial charge >= 0.3 is 6.18 Å². The number of alkyl halides is 3. The molecule has 0 bridgehead atoms. The van der Waals surface area contributed by atoms with Gasteiger partial charge in [0.15, 0.2) is 5.60 Å². The topological polar surface area (TPSA) is 32.7 Å². The van der Waals surface area contributed by atoms with Gasteiger partial charge < -0.3 is 14.7 Å². The number of ether oxygens (including phenoxy) is 1. The summed E-state index contributed by atoms with van der Waals surface area (Å²) in [7, 11) is 0. The second-order valence-electron chi connectivity index (χ2n) is 5.06. The van der Waals surface area contributed by atoms with Gasteiger partial charge in [-0.3, -0.25) is 0 Å². The smallest absolute Gasteiger partial charge is 0.381 e. The number of hydrogen-bond acceptors (Lipinski definition) is 3. The lowest BCUT2D eigenvalue weighted by Gasteiger charge is -2.39. The molecule has 2 heterocycles. The van der Waals surface area contributed by atoms with Crippen molar-refractivity contribution in [2.45, 2.75) is 31.0 Å².